The number of aliphatic carboxylic acids is 2. The number of carboxylic acid groups (broad SMARTS) is 2. The third-order valence-corrected chi connectivity index (χ3v) is 9.54. The predicted octanol–water partition coefficient (Wildman–Crippen LogP) is 0.0544. The molecule has 0 amide bonds. The molecule has 9 N–H and O–H groups in total. The second-order valence-corrected chi connectivity index (χ2v) is 13.4. The molecule has 22 heteroatoms. The van der Waals surface area contributed by atoms with Crippen molar-refractivity contribution in [3.05, 3.63) is 70.4 Å². The summed E-state index contributed by atoms with van der Waals surface area (Å²) >= 11 is 0. The van der Waals surface area contributed by atoms with Gasteiger partial charge < -0.3 is 88.3 Å². The average Bonchev–Trinajstić information content (AvgIpc) is 3.22. The van der Waals surface area contributed by atoms with Gasteiger partial charge in [-0.3, -0.25) is 4.79 Å². The van der Waals surface area contributed by atoms with Crippen molar-refractivity contribution in [2.45, 2.75) is 61.4 Å². The van der Waals surface area contributed by atoms with E-state index in [9.17, 15) is 65.1 Å². The Morgan fingerprint density at radius 2 is 1.28 bits per heavy atom. The van der Waals surface area contributed by atoms with Crippen LogP contribution in [-0.2, 0) is 33.3 Å². The highest BCUT2D eigenvalue weighted by Gasteiger charge is 2.55. The van der Waals surface area contributed by atoms with E-state index in [2.05, 4.69) is 0 Å². The highest BCUT2D eigenvalue weighted by Crippen LogP contribution is 2.41. The van der Waals surface area contributed by atoms with E-state index >= 15 is 0 Å². The lowest BCUT2D eigenvalue weighted by atomic mass is 9.96. The number of carboxylic acids is 2. The Labute approximate surface area is 342 Å². The first-order valence-corrected chi connectivity index (χ1v) is 17.8. The van der Waals surface area contributed by atoms with Gasteiger partial charge in [0.15, 0.2) is 59.1 Å². The summed E-state index contributed by atoms with van der Waals surface area (Å²) in [5.74, 6) is -6.68. The maximum absolute atomic E-state index is 13.2. The van der Waals surface area contributed by atoms with E-state index in [-0.39, 0.29) is 51.0 Å². The molecular weight excluding hydrogens is 820 g/mol. The Morgan fingerprint density at radius 3 is 1.87 bits per heavy atom. The van der Waals surface area contributed by atoms with Crippen LogP contribution < -0.4 is 24.4 Å². The second-order valence-electron chi connectivity index (χ2n) is 13.4. The quantitative estimate of drug-likeness (QED) is 0.0634. The number of aliphatic hydroxyl groups excluding tert-OH is 4. The van der Waals surface area contributed by atoms with Gasteiger partial charge in [-0.2, -0.15) is 0 Å². The van der Waals surface area contributed by atoms with Gasteiger partial charge in [-0.25, -0.2) is 14.4 Å². The molecule has 2 saturated heterocycles. The minimum Gasteiger partial charge on any atom is -0.507 e. The van der Waals surface area contributed by atoms with Gasteiger partial charge in [-0.1, -0.05) is 6.07 Å². The summed E-state index contributed by atoms with van der Waals surface area (Å²) in [5, 5.41) is 93.9. The van der Waals surface area contributed by atoms with Gasteiger partial charge in [0.2, 0.25) is 12.0 Å². The second kappa shape index (κ2) is 17.9. The van der Waals surface area contributed by atoms with Crippen LogP contribution in [0.3, 0.4) is 0 Å². The van der Waals surface area contributed by atoms with Gasteiger partial charge in [0.1, 0.15) is 52.6 Å². The van der Waals surface area contributed by atoms with Gasteiger partial charge in [-0.05, 0) is 35.9 Å². The zero-order valence-electron chi connectivity index (χ0n) is 31.9. The third kappa shape index (κ3) is 8.95. The van der Waals surface area contributed by atoms with E-state index in [1.54, 1.807) is 0 Å². The summed E-state index contributed by atoms with van der Waals surface area (Å²) in [7, 11) is 3.83. The van der Waals surface area contributed by atoms with Crippen molar-refractivity contribution in [3.63, 3.8) is 0 Å². The number of esters is 1. The topological polar surface area (TPSA) is 337 Å². The smallest absolute Gasteiger partial charge is 0.335 e. The Balaban J connectivity index is 1.34. The van der Waals surface area contributed by atoms with Crippen LogP contribution in [0.25, 0.3) is 28.4 Å². The highest BCUT2D eigenvalue weighted by atomic mass is 16.8. The molecule has 0 radical (unpaired) electrons. The summed E-state index contributed by atoms with van der Waals surface area (Å²) in [6, 6.07) is 9.65. The molecule has 10 atom stereocenters. The van der Waals surface area contributed by atoms with Crippen molar-refractivity contribution < 1.29 is 103 Å². The standard InChI is InChI=1S/C39H38O22/c1-53-21-8-14(4-6-17(21)40)5-7-25(43)58-34-30(47)28(45)33(37(51)52)60-39(34)61-35-31(48)29(46)32(36(49)50)59-38(35)56-16-11-18(41)26-19(42)13-20(57-22(26)12-16)15-9-23(54-2)27(44)24(10-15)55-3/h4-13,28-35,38-41,44-48H,1-3H3,(H,49,50)(H,51,52)/t28-,29-,30-,31-,32-,33-,34+,35+,38+,39-/m0/s1. The summed E-state index contributed by atoms with van der Waals surface area (Å²) in [6.07, 6.45) is -20.0. The van der Waals surface area contributed by atoms with Gasteiger partial charge in [-0.15, -0.1) is 0 Å². The lowest BCUT2D eigenvalue weighted by molar-refractivity contribution is -0.350. The Hall–Kier alpha value is -6.66. The van der Waals surface area contributed by atoms with Gasteiger partial charge >= 0.3 is 17.9 Å². The number of phenolic OH excluding ortho intramolecular Hbond substituents is 3. The molecule has 0 spiro atoms. The number of ether oxygens (including phenoxy) is 8. The Bertz CT molecular complexity index is 2370. The number of carbonyl (C=O) groups excluding carboxylic acids is 1. The molecule has 6 rings (SSSR count). The fourth-order valence-electron chi connectivity index (χ4n) is 6.47. The maximum atomic E-state index is 13.2. The first-order valence-electron chi connectivity index (χ1n) is 17.8. The van der Waals surface area contributed by atoms with E-state index in [1.807, 2.05) is 0 Å². The number of aromatic hydroxyl groups is 3. The molecule has 3 heterocycles. The number of fused-ring (bicyclic) bond motifs is 1. The SMILES string of the molecule is COc1cc(C=CC(=O)O[C@H]2[C@H](O[C@H]3[C@H](Oc4cc(O)c5c(=O)cc(-c6cc(OC)c(O)c(OC)c6)oc5c4)O[C@H](C(=O)O)[C@@H](O)[C@@H]3O)O[C@H](C(=O)O)[C@@H](O)[C@@H]2O)ccc1O. The summed E-state index contributed by atoms with van der Waals surface area (Å²) in [6.45, 7) is 0. The minimum absolute atomic E-state index is 0.0477. The van der Waals surface area contributed by atoms with Crippen LogP contribution in [-0.4, -0.2) is 147 Å². The van der Waals surface area contributed by atoms with Gasteiger partial charge in [0.25, 0.3) is 0 Å². The first kappa shape index (κ1) is 43.9. The average molecular weight is 859 g/mol. The number of carbonyl (C=O) groups is 3. The number of aliphatic hydroxyl groups is 4. The molecule has 2 fully saturated rings. The third-order valence-electron chi connectivity index (χ3n) is 9.54. The number of phenols is 3. The van der Waals surface area contributed by atoms with Crippen LogP contribution in [0.15, 0.2) is 63.8 Å². The van der Waals surface area contributed by atoms with Crippen LogP contribution in [0.4, 0.5) is 0 Å². The van der Waals surface area contributed by atoms with E-state index < -0.39 is 96.2 Å². The van der Waals surface area contributed by atoms with Crippen LogP contribution in [0.5, 0.6) is 40.2 Å². The van der Waals surface area contributed by atoms with Crippen molar-refractivity contribution >= 4 is 35.0 Å². The molecule has 2 aliphatic rings. The van der Waals surface area contributed by atoms with Crippen LogP contribution in [0.1, 0.15) is 5.56 Å². The fourth-order valence-corrected chi connectivity index (χ4v) is 6.47. The minimum atomic E-state index is -2.28. The number of hydrogen-bond acceptors (Lipinski definition) is 20. The first-order chi connectivity index (χ1) is 28.9. The number of methoxy groups -OCH3 is 3. The van der Waals surface area contributed by atoms with E-state index in [4.69, 9.17) is 42.3 Å². The number of benzene rings is 3. The predicted molar refractivity (Wildman–Crippen MR) is 200 cm³/mol. The molecule has 4 aromatic rings. The molecule has 0 unspecified atom stereocenters. The Morgan fingerprint density at radius 1 is 0.689 bits per heavy atom. The van der Waals surface area contributed by atoms with Crippen LogP contribution in [0.2, 0.25) is 0 Å². The van der Waals surface area contributed by atoms with E-state index in [0.717, 1.165) is 24.3 Å². The fraction of sp³-hybridized carbons (Fsp3) is 0.333. The zero-order valence-corrected chi connectivity index (χ0v) is 31.9. The lowest BCUT2D eigenvalue weighted by Crippen LogP contribution is -2.66. The molecule has 61 heavy (non-hydrogen) atoms. The summed E-state index contributed by atoms with van der Waals surface area (Å²) in [4.78, 5) is 50.4. The molecule has 326 valence electrons. The van der Waals surface area contributed by atoms with Crippen molar-refractivity contribution in [1.29, 1.82) is 0 Å². The monoisotopic (exact) mass is 858 g/mol. The summed E-state index contributed by atoms with van der Waals surface area (Å²) < 4.78 is 49.0. The van der Waals surface area contributed by atoms with Crippen molar-refractivity contribution in [3.8, 4) is 51.6 Å². The molecule has 22 nitrogen and oxygen atoms in total. The van der Waals surface area contributed by atoms with Crippen LogP contribution >= 0.6 is 0 Å². The van der Waals surface area contributed by atoms with E-state index in [1.165, 1.54) is 57.7 Å². The van der Waals surface area contributed by atoms with Gasteiger partial charge in [0, 0.05) is 29.8 Å². The highest BCUT2D eigenvalue weighted by molar-refractivity contribution is 5.88. The number of hydrogen-bond donors (Lipinski definition) is 9. The molecule has 0 saturated carbocycles. The van der Waals surface area contributed by atoms with Crippen LogP contribution in [0, 0.1) is 0 Å². The van der Waals surface area contributed by atoms with Gasteiger partial charge in [0.05, 0.1) is 21.3 Å². The largest absolute Gasteiger partial charge is 0.507 e. The number of rotatable bonds is 13. The Kier molecular flexibility index (Phi) is 12.9. The summed E-state index contributed by atoms with van der Waals surface area (Å²) in [5.41, 5.74) is -0.582. The zero-order chi connectivity index (χ0) is 44.4. The van der Waals surface area contributed by atoms with Crippen molar-refractivity contribution in [2.24, 2.45) is 0 Å². The van der Waals surface area contributed by atoms with Crippen molar-refractivity contribution in [1.82, 2.24) is 0 Å². The molecule has 0 aliphatic carbocycles. The molecule has 0 bridgehead atoms. The maximum Gasteiger partial charge on any atom is 0.335 e. The molecule has 2 aliphatic heterocycles. The lowest BCUT2D eigenvalue weighted by Gasteiger charge is -2.45. The molecule has 1 aromatic heterocycles. The normalized spacial score (nSPS) is 26.4. The molecular formula is C39H38O22. The van der Waals surface area contributed by atoms with Crippen molar-refractivity contribution in [2.75, 3.05) is 21.3 Å². The molecule has 3 aromatic carbocycles. The van der Waals surface area contributed by atoms with E-state index in [0.29, 0.717) is 5.56 Å².